The minimum Gasteiger partial charge on any atom is -0.393 e. The van der Waals surface area contributed by atoms with Crippen molar-refractivity contribution in [1.29, 1.82) is 0 Å². The first-order chi connectivity index (χ1) is 2.27. The van der Waals surface area contributed by atoms with Crippen LogP contribution in [0.4, 0.5) is 0 Å². The van der Waals surface area contributed by atoms with E-state index in [-0.39, 0.29) is 57.5 Å². The molecule has 1 atom stereocenters. The van der Waals surface area contributed by atoms with Gasteiger partial charge in [0.25, 0.3) is 0 Å². The fourth-order valence-corrected chi connectivity index (χ4v) is 0. The van der Waals surface area contributed by atoms with Gasteiger partial charge in [0.1, 0.15) is 0 Å². The van der Waals surface area contributed by atoms with Crippen molar-refractivity contribution in [3.05, 3.63) is 0 Å². The summed E-state index contributed by atoms with van der Waals surface area (Å²) < 4.78 is 0. The predicted octanol–water partition coefficient (Wildman–Crippen LogP) is 0.396. The van der Waals surface area contributed by atoms with Crippen molar-refractivity contribution in [2.45, 2.75) is 26.4 Å². The molecule has 1 radical (unpaired) electrons. The first kappa shape index (κ1) is 10.6. The molecular formula is C4H10KO. The van der Waals surface area contributed by atoms with E-state index in [0.29, 0.717) is 0 Å². The molecule has 1 N–H and O–H groups in total. The first-order valence-electron chi connectivity index (χ1n) is 1.95. The molecule has 0 aliphatic rings. The Morgan fingerprint density at radius 2 is 1.83 bits per heavy atom. The summed E-state index contributed by atoms with van der Waals surface area (Å²) in [7, 11) is 0. The van der Waals surface area contributed by atoms with E-state index in [4.69, 9.17) is 5.11 Å². The summed E-state index contributed by atoms with van der Waals surface area (Å²) >= 11 is 0. The van der Waals surface area contributed by atoms with Gasteiger partial charge in [-0.15, -0.1) is 0 Å². The molecule has 0 aromatic rings. The SMILES string of the molecule is CCC(C)O.[K]. The Hall–Kier alpha value is 1.60. The molecule has 0 aromatic carbocycles. The van der Waals surface area contributed by atoms with Crippen LogP contribution < -0.4 is 0 Å². The molecule has 0 fully saturated rings. The van der Waals surface area contributed by atoms with Gasteiger partial charge in [-0.25, -0.2) is 0 Å². The van der Waals surface area contributed by atoms with Crippen LogP contribution >= 0.6 is 0 Å². The molecule has 0 rings (SSSR count). The molecule has 0 aromatic heterocycles. The van der Waals surface area contributed by atoms with E-state index >= 15 is 0 Å². The zero-order valence-corrected chi connectivity index (χ0v) is 7.85. The smallest absolute Gasteiger partial charge is 0.0509 e. The molecule has 0 saturated heterocycles. The third-order valence-electron chi connectivity index (χ3n) is 0.591. The second-order valence-electron chi connectivity index (χ2n) is 1.26. The van der Waals surface area contributed by atoms with Crippen LogP contribution in [0.5, 0.6) is 0 Å². The summed E-state index contributed by atoms with van der Waals surface area (Å²) in [6.07, 6.45) is 0.745. The summed E-state index contributed by atoms with van der Waals surface area (Å²) in [6.45, 7) is 3.73. The monoisotopic (exact) mass is 113 g/mol. The van der Waals surface area contributed by atoms with Crippen molar-refractivity contribution in [2.24, 2.45) is 0 Å². The molecule has 0 bridgehead atoms. The molecular weight excluding hydrogens is 103 g/mol. The Kier molecular flexibility index (Phi) is 11.6. The predicted molar refractivity (Wildman–Crippen MR) is 27.7 cm³/mol. The molecule has 1 unspecified atom stereocenters. The van der Waals surface area contributed by atoms with Crippen LogP contribution in [0.3, 0.4) is 0 Å². The van der Waals surface area contributed by atoms with Gasteiger partial charge in [0, 0.05) is 51.4 Å². The van der Waals surface area contributed by atoms with Crippen molar-refractivity contribution < 1.29 is 5.11 Å². The van der Waals surface area contributed by atoms with Crippen molar-refractivity contribution >= 4 is 51.4 Å². The normalized spacial score (nSPS) is 12.5. The van der Waals surface area contributed by atoms with Crippen LogP contribution in [0, 0.1) is 0 Å². The average molecular weight is 113 g/mol. The molecule has 0 aliphatic carbocycles. The van der Waals surface area contributed by atoms with Crippen LogP contribution in [-0.4, -0.2) is 62.6 Å². The van der Waals surface area contributed by atoms with Gasteiger partial charge in [-0.3, -0.25) is 0 Å². The van der Waals surface area contributed by atoms with E-state index in [1.807, 2.05) is 6.92 Å². The number of hydrogen-bond acceptors (Lipinski definition) is 1. The van der Waals surface area contributed by atoms with Crippen LogP contribution in [0.2, 0.25) is 0 Å². The Bertz CT molecular complexity index is 21.5. The van der Waals surface area contributed by atoms with Gasteiger partial charge in [0.05, 0.1) is 6.10 Å². The summed E-state index contributed by atoms with van der Waals surface area (Å²) in [6, 6.07) is 0. The number of rotatable bonds is 1. The molecule has 6 heavy (non-hydrogen) atoms. The molecule has 0 amide bonds. The van der Waals surface area contributed by atoms with Gasteiger partial charge >= 0.3 is 0 Å². The summed E-state index contributed by atoms with van der Waals surface area (Å²) in [5, 5.41) is 8.36. The molecule has 1 nitrogen and oxygen atoms in total. The van der Waals surface area contributed by atoms with Crippen molar-refractivity contribution in [2.75, 3.05) is 0 Å². The van der Waals surface area contributed by atoms with Gasteiger partial charge in [-0.05, 0) is 13.3 Å². The molecule has 0 spiro atoms. The van der Waals surface area contributed by atoms with Crippen LogP contribution in [0.15, 0.2) is 0 Å². The summed E-state index contributed by atoms with van der Waals surface area (Å²) in [5.74, 6) is 0. The van der Waals surface area contributed by atoms with Gasteiger partial charge in [-0.2, -0.15) is 0 Å². The van der Waals surface area contributed by atoms with Crippen LogP contribution in [0.25, 0.3) is 0 Å². The minimum atomic E-state index is -0.116. The molecule has 0 aliphatic heterocycles. The Balaban J connectivity index is 0. The molecule has 0 heterocycles. The van der Waals surface area contributed by atoms with E-state index in [1.54, 1.807) is 6.92 Å². The van der Waals surface area contributed by atoms with E-state index in [9.17, 15) is 0 Å². The second-order valence-corrected chi connectivity index (χ2v) is 1.26. The van der Waals surface area contributed by atoms with Crippen molar-refractivity contribution in [3.8, 4) is 0 Å². The molecule has 2 heteroatoms. The largest absolute Gasteiger partial charge is 0.393 e. The van der Waals surface area contributed by atoms with Crippen molar-refractivity contribution in [1.82, 2.24) is 0 Å². The van der Waals surface area contributed by atoms with E-state index in [1.165, 1.54) is 0 Å². The van der Waals surface area contributed by atoms with Crippen LogP contribution in [-0.2, 0) is 0 Å². The van der Waals surface area contributed by atoms with Gasteiger partial charge in [-0.1, -0.05) is 6.92 Å². The Labute approximate surface area is 81.6 Å². The van der Waals surface area contributed by atoms with Gasteiger partial charge in [0.15, 0.2) is 0 Å². The number of aliphatic hydroxyl groups excluding tert-OH is 1. The van der Waals surface area contributed by atoms with Crippen LogP contribution in [0.1, 0.15) is 20.3 Å². The first-order valence-corrected chi connectivity index (χ1v) is 1.95. The van der Waals surface area contributed by atoms with Crippen molar-refractivity contribution in [3.63, 3.8) is 0 Å². The topological polar surface area (TPSA) is 20.2 Å². The maximum atomic E-state index is 8.36. The third kappa shape index (κ3) is 9.14. The zero-order chi connectivity index (χ0) is 4.28. The zero-order valence-electron chi connectivity index (χ0n) is 4.73. The maximum absolute atomic E-state index is 8.36. The maximum Gasteiger partial charge on any atom is 0.0509 e. The van der Waals surface area contributed by atoms with Gasteiger partial charge < -0.3 is 5.11 Å². The van der Waals surface area contributed by atoms with E-state index in [0.717, 1.165) is 6.42 Å². The standard InChI is InChI=1S/C4H10O.K/c1-3-4(2)5;/h4-5H,3H2,1-2H3;. The molecule has 33 valence electrons. The third-order valence-corrected chi connectivity index (χ3v) is 0.591. The van der Waals surface area contributed by atoms with Gasteiger partial charge in [0.2, 0.25) is 0 Å². The quantitative estimate of drug-likeness (QED) is 0.488. The summed E-state index contributed by atoms with van der Waals surface area (Å²) in [5.41, 5.74) is 0. The average Bonchev–Trinajstić information content (AvgIpc) is 1.38. The Morgan fingerprint density at radius 3 is 1.83 bits per heavy atom. The fourth-order valence-electron chi connectivity index (χ4n) is 0. The second kappa shape index (κ2) is 6.60. The number of hydrogen-bond donors (Lipinski definition) is 1. The van der Waals surface area contributed by atoms with E-state index in [2.05, 4.69) is 0 Å². The molecule has 0 saturated carbocycles. The Morgan fingerprint density at radius 1 is 1.67 bits per heavy atom. The summed E-state index contributed by atoms with van der Waals surface area (Å²) in [4.78, 5) is 0. The number of aliphatic hydroxyl groups is 1. The van der Waals surface area contributed by atoms with E-state index < -0.39 is 0 Å². The fraction of sp³-hybridized carbons (Fsp3) is 1.00. The minimum absolute atomic E-state index is 0.